The minimum atomic E-state index is -1.19. The van der Waals surface area contributed by atoms with Crippen molar-refractivity contribution >= 4 is 29.7 Å². The van der Waals surface area contributed by atoms with Gasteiger partial charge >= 0.3 is 23.9 Å². The van der Waals surface area contributed by atoms with Gasteiger partial charge in [-0.05, 0) is 6.92 Å². The maximum Gasteiger partial charge on any atom is 0.317 e. The summed E-state index contributed by atoms with van der Waals surface area (Å²) < 4.78 is 0. The van der Waals surface area contributed by atoms with E-state index in [9.17, 15) is 24.0 Å². The van der Waals surface area contributed by atoms with Crippen LogP contribution in [0.3, 0.4) is 0 Å². The fraction of sp³-hybridized carbons (Fsp3) is 0.667. The minimum Gasteiger partial charge on any atom is -0.480 e. The average molecular weight is 391 g/mol. The summed E-state index contributed by atoms with van der Waals surface area (Å²) in [6, 6.07) is 0. The first-order chi connectivity index (χ1) is 12.5. The Hall–Kier alpha value is -2.57. The van der Waals surface area contributed by atoms with E-state index in [0.29, 0.717) is 0 Å². The Balaban J connectivity index is 4.85. The SMILES string of the molecule is CC(=O)CN(CCN(CC(=O)O)CC(=O)O)CCN(CC(=O)O)CC(=O)O. The van der Waals surface area contributed by atoms with Gasteiger partial charge in [0.05, 0.1) is 32.7 Å². The summed E-state index contributed by atoms with van der Waals surface area (Å²) >= 11 is 0. The molecular formula is C15H25N3O9. The Labute approximate surface area is 155 Å². The third-order valence-corrected chi connectivity index (χ3v) is 3.35. The van der Waals surface area contributed by atoms with Gasteiger partial charge in [-0.2, -0.15) is 0 Å². The van der Waals surface area contributed by atoms with Crippen molar-refractivity contribution in [2.75, 3.05) is 58.9 Å². The maximum atomic E-state index is 11.4. The van der Waals surface area contributed by atoms with E-state index in [-0.39, 0.29) is 38.5 Å². The molecule has 12 nitrogen and oxygen atoms in total. The Kier molecular flexibility index (Phi) is 11.5. The summed E-state index contributed by atoms with van der Waals surface area (Å²) in [6.45, 7) is -0.160. The summed E-state index contributed by atoms with van der Waals surface area (Å²) in [5.41, 5.74) is 0. The molecule has 0 unspecified atom stereocenters. The van der Waals surface area contributed by atoms with Crippen LogP contribution in [0.25, 0.3) is 0 Å². The fourth-order valence-electron chi connectivity index (χ4n) is 2.34. The van der Waals surface area contributed by atoms with Gasteiger partial charge in [-0.1, -0.05) is 0 Å². The molecule has 0 aromatic rings. The molecule has 0 aromatic heterocycles. The van der Waals surface area contributed by atoms with Crippen LogP contribution in [0.5, 0.6) is 0 Å². The third-order valence-electron chi connectivity index (χ3n) is 3.35. The number of nitrogens with zero attached hydrogens (tertiary/aromatic N) is 3. The minimum absolute atomic E-state index is 0.0119. The molecule has 12 heteroatoms. The van der Waals surface area contributed by atoms with Crippen LogP contribution in [-0.2, 0) is 24.0 Å². The molecule has 0 fully saturated rings. The van der Waals surface area contributed by atoms with Crippen molar-refractivity contribution in [3.8, 4) is 0 Å². The molecule has 0 aliphatic heterocycles. The van der Waals surface area contributed by atoms with E-state index in [1.807, 2.05) is 0 Å². The number of hydrogen-bond donors (Lipinski definition) is 4. The van der Waals surface area contributed by atoms with Gasteiger partial charge in [-0.15, -0.1) is 0 Å². The molecule has 154 valence electrons. The van der Waals surface area contributed by atoms with Crippen LogP contribution >= 0.6 is 0 Å². The molecule has 0 aliphatic rings. The second-order valence-corrected chi connectivity index (χ2v) is 5.97. The van der Waals surface area contributed by atoms with E-state index < -0.39 is 50.1 Å². The summed E-state index contributed by atoms with van der Waals surface area (Å²) in [6.07, 6.45) is 0. The van der Waals surface area contributed by atoms with Gasteiger partial charge in [0.1, 0.15) is 5.78 Å². The molecule has 0 radical (unpaired) electrons. The highest BCUT2D eigenvalue weighted by molar-refractivity contribution is 5.77. The second kappa shape index (κ2) is 12.7. The lowest BCUT2D eigenvalue weighted by molar-refractivity contribution is -0.143. The molecule has 0 atom stereocenters. The number of ketones is 1. The zero-order valence-corrected chi connectivity index (χ0v) is 15.0. The van der Waals surface area contributed by atoms with Crippen molar-refractivity contribution in [2.24, 2.45) is 0 Å². The number of carboxylic acid groups (broad SMARTS) is 4. The van der Waals surface area contributed by atoms with Crippen molar-refractivity contribution in [3.63, 3.8) is 0 Å². The first-order valence-corrected chi connectivity index (χ1v) is 8.03. The Morgan fingerprint density at radius 1 is 0.519 bits per heavy atom. The fourth-order valence-corrected chi connectivity index (χ4v) is 2.34. The first kappa shape index (κ1) is 24.4. The van der Waals surface area contributed by atoms with Crippen LogP contribution in [0.1, 0.15) is 6.92 Å². The van der Waals surface area contributed by atoms with Crippen molar-refractivity contribution in [1.82, 2.24) is 14.7 Å². The Morgan fingerprint density at radius 2 is 0.778 bits per heavy atom. The van der Waals surface area contributed by atoms with Crippen LogP contribution in [0.4, 0.5) is 0 Å². The number of aliphatic carboxylic acids is 4. The van der Waals surface area contributed by atoms with Crippen LogP contribution in [0.2, 0.25) is 0 Å². The maximum absolute atomic E-state index is 11.4. The van der Waals surface area contributed by atoms with E-state index in [2.05, 4.69) is 0 Å². The Morgan fingerprint density at radius 3 is 1.00 bits per heavy atom. The van der Waals surface area contributed by atoms with Gasteiger partial charge < -0.3 is 20.4 Å². The van der Waals surface area contributed by atoms with Crippen LogP contribution in [0, 0.1) is 0 Å². The zero-order valence-electron chi connectivity index (χ0n) is 15.0. The lowest BCUT2D eigenvalue weighted by Gasteiger charge is -2.27. The highest BCUT2D eigenvalue weighted by Crippen LogP contribution is 1.97. The molecule has 0 amide bonds. The number of hydrogen-bond acceptors (Lipinski definition) is 8. The van der Waals surface area contributed by atoms with Gasteiger partial charge in [0, 0.05) is 26.2 Å². The number of Topliss-reactive ketones (excluding diaryl/α,β-unsaturated/α-hetero) is 1. The summed E-state index contributed by atoms with van der Waals surface area (Å²) in [4.78, 5) is 58.6. The monoisotopic (exact) mass is 391 g/mol. The largest absolute Gasteiger partial charge is 0.480 e. The van der Waals surface area contributed by atoms with Crippen molar-refractivity contribution in [1.29, 1.82) is 0 Å². The van der Waals surface area contributed by atoms with E-state index in [1.165, 1.54) is 16.7 Å². The molecular weight excluding hydrogens is 366 g/mol. The lowest BCUT2D eigenvalue weighted by Crippen LogP contribution is -2.45. The number of rotatable bonds is 16. The molecule has 0 saturated carbocycles. The van der Waals surface area contributed by atoms with Crippen LogP contribution < -0.4 is 0 Å². The molecule has 0 rings (SSSR count). The Bertz CT molecular complexity index is 481. The van der Waals surface area contributed by atoms with Gasteiger partial charge in [-0.3, -0.25) is 38.7 Å². The topological polar surface area (TPSA) is 176 Å². The third kappa shape index (κ3) is 14.3. The molecule has 0 spiro atoms. The van der Waals surface area contributed by atoms with E-state index >= 15 is 0 Å². The predicted molar refractivity (Wildman–Crippen MR) is 90.5 cm³/mol. The molecule has 0 saturated heterocycles. The number of carboxylic acids is 4. The first-order valence-electron chi connectivity index (χ1n) is 8.03. The molecule has 0 aromatic carbocycles. The van der Waals surface area contributed by atoms with Gasteiger partial charge in [-0.25, -0.2) is 0 Å². The quantitative estimate of drug-likeness (QED) is 0.224. The molecule has 4 N–H and O–H groups in total. The smallest absolute Gasteiger partial charge is 0.317 e. The number of carbonyl (C=O) groups is 5. The normalized spacial score (nSPS) is 11.1. The predicted octanol–water partition coefficient (Wildman–Crippen LogP) is -2.18. The van der Waals surface area contributed by atoms with Crippen molar-refractivity contribution in [2.45, 2.75) is 6.92 Å². The zero-order chi connectivity index (χ0) is 21.0. The summed E-state index contributed by atoms with van der Waals surface area (Å²) in [5.74, 6) is -4.96. The molecule has 0 aliphatic carbocycles. The van der Waals surface area contributed by atoms with Gasteiger partial charge in [0.25, 0.3) is 0 Å². The molecule has 0 heterocycles. The lowest BCUT2D eigenvalue weighted by atomic mass is 10.3. The standard InChI is InChI=1S/C15H25N3O9/c1-11(19)6-16(2-4-17(7-12(20)21)8-13(22)23)3-5-18(9-14(24)25)10-15(26)27/h2-10H2,1H3,(H,20,21)(H,22,23)(H,24,25)(H,26,27). The summed E-state index contributed by atoms with van der Waals surface area (Å²) in [7, 11) is 0. The van der Waals surface area contributed by atoms with E-state index in [1.54, 1.807) is 4.90 Å². The van der Waals surface area contributed by atoms with Crippen molar-refractivity contribution < 1.29 is 44.4 Å². The second-order valence-electron chi connectivity index (χ2n) is 5.97. The van der Waals surface area contributed by atoms with E-state index in [4.69, 9.17) is 20.4 Å². The molecule has 27 heavy (non-hydrogen) atoms. The van der Waals surface area contributed by atoms with E-state index in [0.717, 1.165) is 0 Å². The van der Waals surface area contributed by atoms with Crippen molar-refractivity contribution in [3.05, 3.63) is 0 Å². The van der Waals surface area contributed by atoms with Crippen LogP contribution in [-0.4, -0.2) is 124 Å². The highest BCUT2D eigenvalue weighted by Gasteiger charge is 2.18. The van der Waals surface area contributed by atoms with Crippen LogP contribution in [0.15, 0.2) is 0 Å². The highest BCUT2D eigenvalue weighted by atomic mass is 16.4. The average Bonchev–Trinajstić information content (AvgIpc) is 2.46. The summed E-state index contributed by atoms with van der Waals surface area (Å²) in [5, 5.41) is 35.3. The molecule has 0 bridgehead atoms. The van der Waals surface area contributed by atoms with Gasteiger partial charge in [0.15, 0.2) is 0 Å². The number of carbonyl (C=O) groups excluding carboxylic acids is 1. The van der Waals surface area contributed by atoms with Gasteiger partial charge in [0.2, 0.25) is 0 Å².